The molecule has 10 nitrogen and oxygen atoms in total. The number of rotatable bonds is 6. The van der Waals surface area contributed by atoms with E-state index in [1.165, 1.54) is 42.4 Å². The minimum Gasteiger partial charge on any atom is -0.347 e. The molecule has 0 saturated heterocycles. The van der Waals surface area contributed by atoms with E-state index in [-0.39, 0.29) is 22.3 Å². The Hall–Kier alpha value is -3.31. The minimum absolute atomic E-state index is 0.101. The van der Waals surface area contributed by atoms with Crippen LogP contribution in [0.1, 0.15) is 0 Å². The maximum Gasteiger partial charge on any atom is 0.271 e. The fourth-order valence-corrected chi connectivity index (χ4v) is 3.60. The van der Waals surface area contributed by atoms with E-state index in [0.717, 1.165) is 0 Å². The Morgan fingerprint density at radius 1 is 1.04 bits per heavy atom. The highest BCUT2D eigenvalue weighted by molar-refractivity contribution is 7.89. The molecule has 0 fully saturated rings. The molecule has 2 aromatic carbocycles. The van der Waals surface area contributed by atoms with E-state index in [4.69, 9.17) is 0 Å². The van der Waals surface area contributed by atoms with Crippen LogP contribution >= 0.6 is 0 Å². The predicted octanol–water partition coefficient (Wildman–Crippen LogP) is 1.93. The minimum atomic E-state index is -3.84. The summed E-state index contributed by atoms with van der Waals surface area (Å²) in [6.07, 6.45) is 0. The molecule has 1 N–H and O–H groups in total. The van der Waals surface area contributed by atoms with E-state index in [1.54, 1.807) is 37.2 Å². The lowest BCUT2D eigenvalue weighted by Gasteiger charge is -2.22. The molecule has 1 aromatic heterocycles. The Bertz CT molecular complexity index is 1140. The molecule has 1 heterocycles. The number of nitro groups is 1. The van der Waals surface area contributed by atoms with Crippen LogP contribution in [0.4, 0.5) is 17.5 Å². The molecule has 0 radical (unpaired) electrons. The number of fused-ring (bicyclic) bond motifs is 1. The summed E-state index contributed by atoms with van der Waals surface area (Å²) in [4.78, 5) is 23.5. The first-order chi connectivity index (χ1) is 13.2. The van der Waals surface area contributed by atoms with Gasteiger partial charge in [0, 0.05) is 38.7 Å². The number of anilines is 2. The molecule has 0 bridgehead atoms. The van der Waals surface area contributed by atoms with E-state index in [1.807, 2.05) is 0 Å². The Balaban J connectivity index is 2.09. The smallest absolute Gasteiger partial charge is 0.271 e. The molecular formula is C17H18N6O4S. The third-order valence-electron chi connectivity index (χ3n) is 3.89. The number of nitrogens with zero attached hydrogens (tertiary/aromatic N) is 5. The van der Waals surface area contributed by atoms with Gasteiger partial charge in [-0.05, 0) is 18.2 Å². The third-order valence-corrected chi connectivity index (χ3v) is 5.29. The van der Waals surface area contributed by atoms with Crippen molar-refractivity contribution in [3.63, 3.8) is 0 Å². The normalized spacial score (nSPS) is 11.4. The van der Waals surface area contributed by atoms with E-state index in [9.17, 15) is 18.5 Å². The lowest BCUT2D eigenvalue weighted by molar-refractivity contribution is -0.384. The summed E-state index contributed by atoms with van der Waals surface area (Å²) in [5.41, 5.74) is 0.211. The van der Waals surface area contributed by atoms with Gasteiger partial charge in [0.05, 0.1) is 15.3 Å². The summed E-state index contributed by atoms with van der Waals surface area (Å²) in [5.74, 6) is 0.553. The van der Waals surface area contributed by atoms with Gasteiger partial charge in [-0.2, -0.15) is 4.98 Å². The van der Waals surface area contributed by atoms with Crippen molar-refractivity contribution in [3.05, 3.63) is 58.6 Å². The lowest BCUT2D eigenvalue weighted by atomic mass is 10.2. The first-order valence-corrected chi connectivity index (χ1v) is 9.62. The van der Waals surface area contributed by atoms with Crippen LogP contribution in [0.25, 0.3) is 10.9 Å². The van der Waals surface area contributed by atoms with E-state index in [2.05, 4.69) is 14.8 Å². The molecule has 0 atom stereocenters. The molecule has 0 unspecified atom stereocenters. The summed E-state index contributed by atoms with van der Waals surface area (Å²) >= 11 is 0. The second kappa shape index (κ2) is 7.37. The highest BCUT2D eigenvalue weighted by atomic mass is 32.2. The number of hydrogen-bond acceptors (Lipinski definition) is 8. The van der Waals surface area contributed by atoms with Gasteiger partial charge < -0.3 is 4.90 Å². The van der Waals surface area contributed by atoms with Gasteiger partial charge in [-0.3, -0.25) is 15.1 Å². The Morgan fingerprint density at radius 2 is 1.71 bits per heavy atom. The third kappa shape index (κ3) is 3.85. The van der Waals surface area contributed by atoms with E-state index < -0.39 is 14.9 Å². The number of hydrazine groups is 1. The number of nitrogens with one attached hydrogen (secondary N) is 1. The van der Waals surface area contributed by atoms with Gasteiger partial charge in [-0.25, -0.2) is 13.4 Å². The number of sulfonamides is 1. The second-order valence-electron chi connectivity index (χ2n) is 6.17. The zero-order valence-electron chi connectivity index (χ0n) is 15.4. The van der Waals surface area contributed by atoms with Crippen molar-refractivity contribution in [2.75, 3.05) is 31.1 Å². The standard InChI is InChI=1S/C17H18N6O4S/c1-21(2)17-18-15-11-12(23(24)25)9-10-14(15)16(19-17)22(3)20-28(26,27)13-7-5-4-6-8-13/h4-11,20H,1-3H3. The van der Waals surface area contributed by atoms with Crippen molar-refractivity contribution in [3.8, 4) is 0 Å². The number of aromatic nitrogens is 2. The average molecular weight is 402 g/mol. The van der Waals surface area contributed by atoms with Crippen molar-refractivity contribution in [1.29, 1.82) is 0 Å². The van der Waals surface area contributed by atoms with Crippen LogP contribution in [0.5, 0.6) is 0 Å². The maximum atomic E-state index is 12.6. The molecule has 0 aliphatic rings. The molecule has 0 aliphatic carbocycles. The molecule has 11 heteroatoms. The monoisotopic (exact) mass is 402 g/mol. The zero-order chi connectivity index (χ0) is 20.5. The van der Waals surface area contributed by atoms with Crippen LogP contribution in [-0.2, 0) is 10.0 Å². The second-order valence-corrected chi connectivity index (χ2v) is 7.83. The Kier molecular flexibility index (Phi) is 5.12. The lowest BCUT2D eigenvalue weighted by Crippen LogP contribution is -2.40. The highest BCUT2D eigenvalue weighted by Gasteiger charge is 2.21. The SMILES string of the molecule is CN(C)c1nc(N(C)NS(=O)(=O)c2ccccc2)c2ccc([N+](=O)[O-])cc2n1. The van der Waals surface area contributed by atoms with E-state index >= 15 is 0 Å². The van der Waals surface area contributed by atoms with Crippen LogP contribution < -0.4 is 14.7 Å². The van der Waals surface area contributed by atoms with Crippen molar-refractivity contribution < 1.29 is 13.3 Å². The van der Waals surface area contributed by atoms with Gasteiger partial charge in [0.2, 0.25) is 5.95 Å². The molecular weight excluding hydrogens is 384 g/mol. The molecule has 0 aliphatic heterocycles. The molecule has 28 heavy (non-hydrogen) atoms. The first kappa shape index (κ1) is 19.5. The van der Waals surface area contributed by atoms with Gasteiger partial charge in [0.15, 0.2) is 5.82 Å². The molecule has 0 spiro atoms. The summed E-state index contributed by atoms with van der Waals surface area (Å²) in [7, 11) is 1.10. The topological polar surface area (TPSA) is 122 Å². The first-order valence-electron chi connectivity index (χ1n) is 8.14. The quantitative estimate of drug-likeness (QED) is 0.490. The Morgan fingerprint density at radius 3 is 2.32 bits per heavy atom. The molecule has 3 rings (SSSR count). The average Bonchev–Trinajstić information content (AvgIpc) is 2.66. The van der Waals surface area contributed by atoms with Crippen molar-refractivity contribution in [1.82, 2.24) is 14.8 Å². The molecule has 146 valence electrons. The van der Waals surface area contributed by atoms with Crippen LogP contribution in [0.2, 0.25) is 0 Å². The summed E-state index contributed by atoms with van der Waals surface area (Å²) in [5, 5.41) is 12.8. The number of non-ortho nitro benzene ring substituents is 1. The molecule has 3 aromatic rings. The van der Waals surface area contributed by atoms with Crippen LogP contribution in [0, 0.1) is 10.1 Å². The van der Waals surface area contributed by atoms with E-state index in [0.29, 0.717) is 10.9 Å². The molecule has 0 amide bonds. The van der Waals surface area contributed by atoms with Crippen LogP contribution in [-0.4, -0.2) is 44.5 Å². The fraction of sp³-hybridized carbons (Fsp3) is 0.176. The fourth-order valence-electron chi connectivity index (χ4n) is 2.53. The number of nitro benzene ring substituents is 1. The van der Waals surface area contributed by atoms with Gasteiger partial charge in [-0.1, -0.05) is 18.2 Å². The highest BCUT2D eigenvalue weighted by Crippen LogP contribution is 2.28. The maximum absolute atomic E-state index is 12.6. The number of benzene rings is 2. The summed E-state index contributed by atoms with van der Waals surface area (Å²) < 4.78 is 25.2. The predicted molar refractivity (Wildman–Crippen MR) is 106 cm³/mol. The van der Waals surface area contributed by atoms with Crippen LogP contribution in [0.3, 0.4) is 0 Å². The summed E-state index contributed by atoms with van der Waals surface area (Å²) in [6.45, 7) is 0. The van der Waals surface area contributed by atoms with Gasteiger partial charge in [0.1, 0.15) is 0 Å². The van der Waals surface area contributed by atoms with Crippen LogP contribution in [0.15, 0.2) is 53.4 Å². The van der Waals surface area contributed by atoms with Crippen molar-refractivity contribution in [2.24, 2.45) is 0 Å². The largest absolute Gasteiger partial charge is 0.347 e. The zero-order valence-corrected chi connectivity index (χ0v) is 16.2. The summed E-state index contributed by atoms with van der Waals surface area (Å²) in [6, 6.07) is 12.1. The Labute approximate surface area is 161 Å². The van der Waals surface area contributed by atoms with Gasteiger partial charge >= 0.3 is 0 Å². The van der Waals surface area contributed by atoms with Crippen molar-refractivity contribution >= 4 is 38.4 Å². The van der Waals surface area contributed by atoms with Gasteiger partial charge in [0.25, 0.3) is 15.7 Å². The van der Waals surface area contributed by atoms with Crippen molar-refractivity contribution in [2.45, 2.75) is 4.90 Å². The molecule has 0 saturated carbocycles. The van der Waals surface area contributed by atoms with Gasteiger partial charge in [-0.15, -0.1) is 4.83 Å². The number of hydrogen-bond donors (Lipinski definition) is 1.